The second-order valence-electron chi connectivity index (χ2n) is 15.1. The predicted molar refractivity (Wildman–Crippen MR) is 244 cm³/mol. The quantitative estimate of drug-likeness (QED) is 0.161. The van der Waals surface area contributed by atoms with Crippen molar-refractivity contribution in [3.8, 4) is 44.9 Å². The summed E-state index contributed by atoms with van der Waals surface area (Å²) in [5.74, 6) is 0. The lowest BCUT2D eigenvalue weighted by Gasteiger charge is -2.17. The molecule has 0 radical (unpaired) electrons. The first-order valence-corrected chi connectivity index (χ1v) is 19.9. The molecule has 0 bridgehead atoms. The molecule has 0 aliphatic heterocycles. The van der Waals surface area contributed by atoms with Crippen LogP contribution < -0.4 is 0 Å². The fraction of sp³-hybridized carbons (Fsp3) is 0. The highest BCUT2D eigenvalue weighted by Gasteiger charge is 2.19. The van der Waals surface area contributed by atoms with E-state index in [1.807, 2.05) is 0 Å². The summed E-state index contributed by atoms with van der Waals surface area (Å²) < 4.78 is 4.86. The minimum atomic E-state index is 0.966. The first-order chi connectivity index (χ1) is 28.8. The van der Waals surface area contributed by atoms with Gasteiger partial charge in [0.25, 0.3) is 0 Å². The van der Waals surface area contributed by atoms with Gasteiger partial charge < -0.3 is 9.13 Å². The number of aromatic nitrogens is 3. The highest BCUT2D eigenvalue weighted by molar-refractivity contribution is 6.18. The Labute approximate surface area is 335 Å². The maximum atomic E-state index is 5.49. The molecule has 0 N–H and O–H groups in total. The van der Waals surface area contributed by atoms with E-state index in [0.717, 1.165) is 50.0 Å². The smallest absolute Gasteiger partial charge is 0.0788 e. The molecule has 3 heterocycles. The van der Waals surface area contributed by atoms with Crippen molar-refractivity contribution in [1.82, 2.24) is 14.1 Å². The van der Waals surface area contributed by atoms with Crippen molar-refractivity contribution >= 4 is 65.3 Å². The number of hydrogen-bond acceptors (Lipinski definition) is 1. The van der Waals surface area contributed by atoms with E-state index in [1.165, 1.54) is 60.1 Å². The second-order valence-corrected chi connectivity index (χ2v) is 15.1. The molecule has 9 aromatic carbocycles. The van der Waals surface area contributed by atoms with Crippen LogP contribution in [0.25, 0.3) is 110 Å². The van der Waals surface area contributed by atoms with Crippen LogP contribution in [0.4, 0.5) is 0 Å². The number of fused-ring (bicyclic) bond motifs is 9. The van der Waals surface area contributed by atoms with Gasteiger partial charge in [0.15, 0.2) is 0 Å². The number of rotatable bonds is 5. The van der Waals surface area contributed by atoms with E-state index in [4.69, 9.17) is 4.98 Å². The van der Waals surface area contributed by atoms with Gasteiger partial charge in [0.05, 0.1) is 33.3 Å². The Bertz CT molecular complexity index is 3320. The number of benzene rings is 9. The summed E-state index contributed by atoms with van der Waals surface area (Å²) in [4.78, 5) is 5.49. The first-order valence-electron chi connectivity index (χ1n) is 19.9. The van der Waals surface area contributed by atoms with Crippen LogP contribution in [-0.2, 0) is 0 Å². The van der Waals surface area contributed by atoms with Gasteiger partial charge in [-0.3, -0.25) is 0 Å². The number of pyridine rings is 1. The molecule has 58 heavy (non-hydrogen) atoms. The lowest BCUT2D eigenvalue weighted by atomic mass is 9.92. The van der Waals surface area contributed by atoms with Crippen molar-refractivity contribution < 1.29 is 0 Å². The number of hydrogen-bond donors (Lipinski definition) is 0. The van der Waals surface area contributed by atoms with Gasteiger partial charge in [-0.15, -0.1) is 0 Å². The molecule has 12 aromatic rings. The van der Waals surface area contributed by atoms with E-state index in [1.54, 1.807) is 0 Å². The molecule has 0 aliphatic rings. The van der Waals surface area contributed by atoms with Gasteiger partial charge in [-0.1, -0.05) is 164 Å². The Morgan fingerprint density at radius 2 is 0.759 bits per heavy atom. The van der Waals surface area contributed by atoms with Gasteiger partial charge in [-0.05, 0) is 70.8 Å². The van der Waals surface area contributed by atoms with E-state index >= 15 is 0 Å². The summed E-state index contributed by atoms with van der Waals surface area (Å²) >= 11 is 0. The number of nitrogens with zero attached hydrogens (tertiary/aromatic N) is 3. The van der Waals surface area contributed by atoms with Crippen molar-refractivity contribution in [2.45, 2.75) is 0 Å². The average molecular weight is 738 g/mol. The molecule has 0 fully saturated rings. The SMILES string of the molecule is c1ccc(-c2nc3cc(-c4cc(-n5c6ccccc6c6ccccc65)cc(-n5c6ccccc6c6ccccc65)c4)ccc3c3c(-c4ccccc4)cccc23)cc1. The monoisotopic (exact) mass is 737 g/mol. The molecular formula is C55H35N3. The third-order valence-corrected chi connectivity index (χ3v) is 11.9. The molecule has 0 saturated carbocycles. The van der Waals surface area contributed by atoms with Gasteiger partial charge in [-0.25, -0.2) is 4.98 Å². The molecule has 270 valence electrons. The van der Waals surface area contributed by atoms with Crippen LogP contribution >= 0.6 is 0 Å². The van der Waals surface area contributed by atoms with Gasteiger partial charge in [0.2, 0.25) is 0 Å². The second kappa shape index (κ2) is 12.9. The molecular weight excluding hydrogens is 703 g/mol. The zero-order valence-electron chi connectivity index (χ0n) is 31.5. The first kappa shape index (κ1) is 32.5. The lowest BCUT2D eigenvalue weighted by molar-refractivity contribution is 1.13. The summed E-state index contributed by atoms with van der Waals surface area (Å²) in [6.07, 6.45) is 0. The van der Waals surface area contributed by atoms with Crippen molar-refractivity contribution in [2.75, 3.05) is 0 Å². The molecule has 3 aromatic heterocycles. The number of para-hydroxylation sites is 4. The topological polar surface area (TPSA) is 22.8 Å². The largest absolute Gasteiger partial charge is 0.309 e. The Morgan fingerprint density at radius 3 is 1.29 bits per heavy atom. The average Bonchev–Trinajstić information content (AvgIpc) is 3.82. The van der Waals surface area contributed by atoms with E-state index < -0.39 is 0 Å². The summed E-state index contributed by atoms with van der Waals surface area (Å²) in [7, 11) is 0. The molecule has 0 atom stereocenters. The van der Waals surface area contributed by atoms with Crippen LogP contribution in [0.1, 0.15) is 0 Å². The normalized spacial score (nSPS) is 11.8. The van der Waals surface area contributed by atoms with Gasteiger partial charge in [0, 0.05) is 54.6 Å². The van der Waals surface area contributed by atoms with Crippen LogP contribution in [0, 0.1) is 0 Å². The van der Waals surface area contributed by atoms with Crippen LogP contribution in [0.15, 0.2) is 212 Å². The van der Waals surface area contributed by atoms with Crippen molar-refractivity contribution in [2.24, 2.45) is 0 Å². The van der Waals surface area contributed by atoms with Crippen molar-refractivity contribution in [3.05, 3.63) is 212 Å². The van der Waals surface area contributed by atoms with Crippen LogP contribution in [-0.4, -0.2) is 14.1 Å². The Balaban J connectivity index is 1.17. The Hall–Kier alpha value is -7.75. The summed E-state index contributed by atoms with van der Waals surface area (Å²) in [6, 6.07) is 76.9. The highest BCUT2D eigenvalue weighted by Crippen LogP contribution is 2.42. The van der Waals surface area contributed by atoms with Crippen LogP contribution in [0.3, 0.4) is 0 Å². The van der Waals surface area contributed by atoms with E-state index in [2.05, 4.69) is 221 Å². The van der Waals surface area contributed by atoms with Gasteiger partial charge in [0.1, 0.15) is 0 Å². The Kier molecular flexibility index (Phi) is 7.23. The van der Waals surface area contributed by atoms with Crippen molar-refractivity contribution in [1.29, 1.82) is 0 Å². The van der Waals surface area contributed by atoms with Crippen LogP contribution in [0.2, 0.25) is 0 Å². The van der Waals surface area contributed by atoms with E-state index in [9.17, 15) is 0 Å². The molecule has 0 spiro atoms. The summed E-state index contributed by atoms with van der Waals surface area (Å²) in [5.41, 5.74) is 14.6. The third-order valence-electron chi connectivity index (χ3n) is 11.9. The zero-order valence-corrected chi connectivity index (χ0v) is 31.5. The Morgan fingerprint density at radius 1 is 0.293 bits per heavy atom. The fourth-order valence-electron chi connectivity index (χ4n) is 9.33. The molecule has 3 nitrogen and oxygen atoms in total. The maximum Gasteiger partial charge on any atom is 0.0788 e. The maximum absolute atomic E-state index is 5.49. The van der Waals surface area contributed by atoms with E-state index in [-0.39, 0.29) is 0 Å². The standard InChI is InChI=1S/C55H35N3/c1-3-16-36(17-4-1)42-24-15-25-48-54(42)47-31-30-38(34-49(47)56-55(48)37-18-5-2-6-19-37)39-32-40(57-50-26-11-7-20-43(50)44-21-8-12-27-51(44)57)35-41(33-39)58-52-28-13-9-22-45(52)46-23-10-14-29-53(46)58/h1-35H. The molecule has 0 unspecified atom stereocenters. The molecule has 0 aliphatic carbocycles. The summed E-state index contributed by atoms with van der Waals surface area (Å²) in [6.45, 7) is 0. The lowest BCUT2D eigenvalue weighted by Crippen LogP contribution is -2.00. The highest BCUT2D eigenvalue weighted by atomic mass is 15.0. The van der Waals surface area contributed by atoms with E-state index in [0.29, 0.717) is 0 Å². The fourth-order valence-corrected chi connectivity index (χ4v) is 9.33. The van der Waals surface area contributed by atoms with Gasteiger partial charge >= 0.3 is 0 Å². The predicted octanol–water partition coefficient (Wildman–Crippen LogP) is 14.6. The molecule has 3 heteroatoms. The van der Waals surface area contributed by atoms with Gasteiger partial charge in [-0.2, -0.15) is 0 Å². The van der Waals surface area contributed by atoms with Crippen molar-refractivity contribution in [3.63, 3.8) is 0 Å². The minimum absolute atomic E-state index is 0.966. The van der Waals surface area contributed by atoms with Crippen LogP contribution in [0.5, 0.6) is 0 Å². The third kappa shape index (κ3) is 4.97. The minimum Gasteiger partial charge on any atom is -0.309 e. The molecule has 12 rings (SSSR count). The molecule has 0 amide bonds. The zero-order chi connectivity index (χ0) is 38.2. The summed E-state index contributed by atoms with van der Waals surface area (Å²) in [5, 5.41) is 8.47. The molecule has 0 saturated heterocycles.